The first-order chi connectivity index (χ1) is 12.8. The van der Waals surface area contributed by atoms with Crippen molar-refractivity contribution >= 4 is 33.3 Å². The van der Waals surface area contributed by atoms with Gasteiger partial charge in [0, 0.05) is 24.0 Å². The molecule has 0 radical (unpaired) electrons. The summed E-state index contributed by atoms with van der Waals surface area (Å²) in [6.07, 6.45) is 4.09. The van der Waals surface area contributed by atoms with Crippen LogP contribution in [0, 0.1) is 0 Å². The Labute approximate surface area is 165 Å². The number of sulfone groups is 1. The molecule has 2 N–H and O–H groups in total. The Morgan fingerprint density at radius 2 is 1.96 bits per heavy atom. The monoisotopic (exact) mass is 412 g/mol. The molecule has 1 saturated heterocycles. The average molecular weight is 413 g/mol. The van der Waals surface area contributed by atoms with Gasteiger partial charge in [-0.15, -0.1) is 0 Å². The summed E-state index contributed by atoms with van der Waals surface area (Å²) in [4.78, 5) is 25.0. The van der Waals surface area contributed by atoms with Crippen LogP contribution in [0.25, 0.3) is 0 Å². The normalized spacial score (nSPS) is 23.1. The van der Waals surface area contributed by atoms with Gasteiger partial charge in [0.05, 0.1) is 16.9 Å². The van der Waals surface area contributed by atoms with Gasteiger partial charge in [-0.05, 0) is 37.0 Å². The first-order valence-electron chi connectivity index (χ1n) is 9.35. The quantitative estimate of drug-likeness (QED) is 0.747. The number of amides is 2. The zero-order chi connectivity index (χ0) is 19.5. The summed E-state index contributed by atoms with van der Waals surface area (Å²) in [6.45, 7) is 0.229. The summed E-state index contributed by atoms with van der Waals surface area (Å²) in [5.74, 6) is -0.182. The Balaban J connectivity index is 1.54. The number of hydrogen-bond acceptors (Lipinski definition) is 4. The van der Waals surface area contributed by atoms with E-state index in [-0.39, 0.29) is 42.3 Å². The molecule has 1 aromatic carbocycles. The third kappa shape index (κ3) is 4.82. The molecule has 0 bridgehead atoms. The van der Waals surface area contributed by atoms with Crippen molar-refractivity contribution in [3.05, 3.63) is 34.9 Å². The van der Waals surface area contributed by atoms with Gasteiger partial charge in [0.15, 0.2) is 9.84 Å². The molecule has 1 saturated carbocycles. The standard InChI is InChI=1S/C19H25ClN2O4S/c20-15-5-3-4-14(12-15)19(8-1-2-9-19)18(24)21-10-6-17(23)22-16-7-11-27(25,26)13-16/h3-5,12,16H,1-2,6-11,13H2,(H,21,24)(H,22,23). The largest absolute Gasteiger partial charge is 0.355 e. The summed E-state index contributed by atoms with van der Waals surface area (Å²) >= 11 is 6.11. The van der Waals surface area contributed by atoms with Gasteiger partial charge < -0.3 is 10.6 Å². The number of halogens is 1. The van der Waals surface area contributed by atoms with Crippen LogP contribution < -0.4 is 10.6 Å². The molecule has 1 atom stereocenters. The smallest absolute Gasteiger partial charge is 0.230 e. The highest BCUT2D eigenvalue weighted by Crippen LogP contribution is 2.42. The highest BCUT2D eigenvalue weighted by atomic mass is 35.5. The Hall–Kier alpha value is -1.60. The van der Waals surface area contributed by atoms with Gasteiger partial charge in [0.25, 0.3) is 0 Å². The van der Waals surface area contributed by atoms with E-state index in [2.05, 4.69) is 10.6 Å². The predicted octanol–water partition coefficient (Wildman–Crippen LogP) is 1.96. The topological polar surface area (TPSA) is 92.3 Å². The first kappa shape index (κ1) is 20.1. The summed E-state index contributed by atoms with van der Waals surface area (Å²) in [6, 6.07) is 7.11. The first-order valence-corrected chi connectivity index (χ1v) is 11.5. The van der Waals surface area contributed by atoms with Crippen LogP contribution in [0.1, 0.15) is 44.1 Å². The molecule has 2 amide bonds. The highest BCUT2D eigenvalue weighted by molar-refractivity contribution is 7.91. The van der Waals surface area contributed by atoms with Crippen LogP contribution in [0.2, 0.25) is 5.02 Å². The average Bonchev–Trinajstić information content (AvgIpc) is 3.22. The van der Waals surface area contributed by atoms with E-state index in [0.717, 1.165) is 31.2 Å². The number of benzene rings is 1. The van der Waals surface area contributed by atoms with Gasteiger partial charge in [-0.25, -0.2) is 8.42 Å². The number of carbonyl (C=O) groups excluding carboxylic acids is 2. The van der Waals surface area contributed by atoms with E-state index in [1.165, 1.54) is 0 Å². The lowest BCUT2D eigenvalue weighted by Gasteiger charge is -2.28. The molecule has 1 heterocycles. The predicted molar refractivity (Wildman–Crippen MR) is 104 cm³/mol. The van der Waals surface area contributed by atoms with E-state index in [9.17, 15) is 18.0 Å². The van der Waals surface area contributed by atoms with Gasteiger partial charge in [-0.3, -0.25) is 9.59 Å². The molecule has 2 fully saturated rings. The van der Waals surface area contributed by atoms with E-state index in [1.54, 1.807) is 6.07 Å². The highest BCUT2D eigenvalue weighted by Gasteiger charge is 2.42. The van der Waals surface area contributed by atoms with Crippen molar-refractivity contribution in [2.75, 3.05) is 18.1 Å². The lowest BCUT2D eigenvalue weighted by Crippen LogP contribution is -2.44. The number of rotatable bonds is 6. The van der Waals surface area contributed by atoms with Gasteiger partial charge in [-0.1, -0.05) is 36.6 Å². The third-order valence-corrected chi connectivity index (χ3v) is 7.51. The maximum Gasteiger partial charge on any atom is 0.230 e. The van der Waals surface area contributed by atoms with Crippen LogP contribution in [-0.2, 0) is 24.8 Å². The molecule has 3 rings (SSSR count). The molecule has 8 heteroatoms. The summed E-state index contributed by atoms with van der Waals surface area (Å²) in [5, 5.41) is 6.24. The Kier molecular flexibility index (Phi) is 6.11. The SMILES string of the molecule is O=C(CCNC(=O)C1(c2cccc(Cl)c2)CCCC1)NC1CCS(=O)(=O)C1. The number of hydrogen-bond donors (Lipinski definition) is 2. The van der Waals surface area contributed by atoms with Crippen molar-refractivity contribution < 1.29 is 18.0 Å². The second-order valence-electron chi connectivity index (χ2n) is 7.47. The zero-order valence-electron chi connectivity index (χ0n) is 15.2. The van der Waals surface area contributed by atoms with Crippen molar-refractivity contribution in [2.24, 2.45) is 0 Å². The van der Waals surface area contributed by atoms with Crippen LogP contribution in [-0.4, -0.2) is 44.3 Å². The van der Waals surface area contributed by atoms with E-state index >= 15 is 0 Å². The summed E-state index contributed by atoms with van der Waals surface area (Å²) < 4.78 is 22.9. The van der Waals surface area contributed by atoms with E-state index in [1.807, 2.05) is 18.2 Å². The van der Waals surface area contributed by atoms with Crippen LogP contribution in [0.15, 0.2) is 24.3 Å². The summed E-state index contributed by atoms with van der Waals surface area (Å²) in [7, 11) is -3.02. The van der Waals surface area contributed by atoms with Gasteiger partial charge >= 0.3 is 0 Å². The van der Waals surface area contributed by atoms with Crippen LogP contribution in [0.5, 0.6) is 0 Å². The van der Waals surface area contributed by atoms with Crippen molar-refractivity contribution in [2.45, 2.75) is 50.0 Å². The minimum atomic E-state index is -3.02. The Morgan fingerprint density at radius 1 is 1.22 bits per heavy atom. The number of nitrogens with one attached hydrogen (secondary N) is 2. The molecule has 1 unspecified atom stereocenters. The molecule has 1 aliphatic carbocycles. The Morgan fingerprint density at radius 3 is 2.59 bits per heavy atom. The van der Waals surface area contributed by atoms with E-state index < -0.39 is 15.3 Å². The van der Waals surface area contributed by atoms with Gasteiger partial charge in [-0.2, -0.15) is 0 Å². The minimum Gasteiger partial charge on any atom is -0.355 e. The van der Waals surface area contributed by atoms with E-state index in [0.29, 0.717) is 11.4 Å². The van der Waals surface area contributed by atoms with Crippen molar-refractivity contribution in [1.29, 1.82) is 0 Å². The van der Waals surface area contributed by atoms with Crippen molar-refractivity contribution in [1.82, 2.24) is 10.6 Å². The molecule has 6 nitrogen and oxygen atoms in total. The number of carbonyl (C=O) groups is 2. The van der Waals surface area contributed by atoms with Gasteiger partial charge in [0.2, 0.25) is 11.8 Å². The fraction of sp³-hybridized carbons (Fsp3) is 0.579. The van der Waals surface area contributed by atoms with E-state index in [4.69, 9.17) is 11.6 Å². The molecule has 2 aliphatic rings. The van der Waals surface area contributed by atoms with Crippen LogP contribution >= 0.6 is 11.6 Å². The molecule has 0 aromatic heterocycles. The third-order valence-electron chi connectivity index (χ3n) is 5.50. The molecule has 1 aliphatic heterocycles. The Bertz CT molecular complexity index is 819. The van der Waals surface area contributed by atoms with Crippen LogP contribution in [0.4, 0.5) is 0 Å². The molecule has 148 valence electrons. The minimum absolute atomic E-state index is 0.00295. The van der Waals surface area contributed by atoms with Gasteiger partial charge in [0.1, 0.15) is 0 Å². The summed E-state index contributed by atoms with van der Waals surface area (Å²) in [5.41, 5.74) is 0.339. The molecular weight excluding hydrogens is 388 g/mol. The second-order valence-corrected chi connectivity index (χ2v) is 10.1. The zero-order valence-corrected chi connectivity index (χ0v) is 16.7. The maximum absolute atomic E-state index is 12.9. The lowest BCUT2D eigenvalue weighted by atomic mass is 9.78. The molecule has 0 spiro atoms. The fourth-order valence-electron chi connectivity index (χ4n) is 4.08. The molecular formula is C19H25ClN2O4S. The molecule has 1 aromatic rings. The fourth-order valence-corrected chi connectivity index (χ4v) is 5.94. The van der Waals surface area contributed by atoms with Crippen molar-refractivity contribution in [3.63, 3.8) is 0 Å². The van der Waals surface area contributed by atoms with Crippen molar-refractivity contribution in [3.8, 4) is 0 Å². The van der Waals surface area contributed by atoms with Crippen LogP contribution in [0.3, 0.4) is 0 Å². The second kappa shape index (κ2) is 8.19. The molecule has 27 heavy (non-hydrogen) atoms. The lowest BCUT2D eigenvalue weighted by molar-refractivity contribution is -0.127. The maximum atomic E-state index is 12.9.